The van der Waals surface area contributed by atoms with Crippen LogP contribution in [0.25, 0.3) is 0 Å². The van der Waals surface area contributed by atoms with Gasteiger partial charge in [-0.25, -0.2) is 16.8 Å². The topological polar surface area (TPSA) is 127 Å². The third kappa shape index (κ3) is 8.48. The van der Waals surface area contributed by atoms with Crippen molar-refractivity contribution in [1.29, 1.82) is 0 Å². The quantitative estimate of drug-likeness (QED) is 0.126. The number of rotatable bonds is 14. The Morgan fingerprint density at radius 3 is 1.88 bits per heavy atom. The Morgan fingerprint density at radius 2 is 1.25 bits per heavy atom. The number of unbranched alkanes of at least 4 members (excludes halogenated alkanes) is 2. The van der Waals surface area contributed by atoms with Crippen LogP contribution < -0.4 is 19.2 Å². The first-order valence-corrected chi connectivity index (χ1v) is 22.6. The maximum Gasteiger partial charge on any atom is 0.264 e. The fraction of sp³-hybridized carbons (Fsp3) is 0.415. The Bertz CT molecular complexity index is 2240. The predicted octanol–water partition coefficient (Wildman–Crippen LogP) is 7.28. The van der Waals surface area contributed by atoms with Crippen LogP contribution in [0.3, 0.4) is 0 Å². The number of halogens is 2. The molecule has 0 radical (unpaired) electrons. The molecule has 0 aromatic heterocycles. The Labute approximate surface area is 340 Å². The molecule has 4 aromatic carbocycles. The number of ether oxygens (including phenoxy) is 3. The molecule has 3 aliphatic rings. The average Bonchev–Trinajstić information content (AvgIpc) is 3.31. The number of hydrogen-bond donors (Lipinski definition) is 2. The van der Waals surface area contributed by atoms with Crippen LogP contribution in [-0.4, -0.2) is 76.7 Å². The van der Waals surface area contributed by atoms with Gasteiger partial charge in [-0.15, -0.1) is 0 Å². The molecule has 0 aliphatic carbocycles. The van der Waals surface area contributed by atoms with E-state index in [1.54, 1.807) is 44.5 Å². The van der Waals surface area contributed by atoms with Gasteiger partial charge in [0.15, 0.2) is 6.29 Å². The van der Waals surface area contributed by atoms with Crippen molar-refractivity contribution in [2.75, 3.05) is 62.2 Å². The van der Waals surface area contributed by atoms with Crippen molar-refractivity contribution in [2.45, 2.75) is 60.3 Å². The van der Waals surface area contributed by atoms with Crippen LogP contribution >= 0.6 is 23.2 Å². The maximum absolute atomic E-state index is 14.5. The average molecular weight is 844 g/mol. The van der Waals surface area contributed by atoms with Crippen LogP contribution in [0.4, 0.5) is 11.4 Å². The van der Waals surface area contributed by atoms with E-state index in [9.17, 15) is 16.8 Å². The van der Waals surface area contributed by atoms with Gasteiger partial charge in [0.05, 0.1) is 46.5 Å². The normalized spacial score (nSPS) is 22.3. The van der Waals surface area contributed by atoms with E-state index in [2.05, 4.69) is 10.6 Å². The summed E-state index contributed by atoms with van der Waals surface area (Å²) in [4.78, 5) is 0.361. The third-order valence-corrected chi connectivity index (χ3v) is 14.8. The Balaban J connectivity index is 1.01. The Morgan fingerprint density at radius 1 is 0.696 bits per heavy atom. The van der Waals surface area contributed by atoms with Gasteiger partial charge in [0.1, 0.15) is 0 Å². The molecule has 1 saturated heterocycles. The summed E-state index contributed by atoms with van der Waals surface area (Å²) in [7, 11) is -4.57. The molecule has 56 heavy (non-hydrogen) atoms. The number of para-hydroxylation sites is 2. The molecule has 1 fully saturated rings. The van der Waals surface area contributed by atoms with Crippen molar-refractivity contribution >= 4 is 54.6 Å². The molecular formula is C41H48Cl2N4O7S2. The smallest absolute Gasteiger partial charge is 0.264 e. The highest BCUT2D eigenvalue weighted by molar-refractivity contribution is 7.93. The van der Waals surface area contributed by atoms with Crippen LogP contribution in [0.5, 0.6) is 0 Å². The number of benzene rings is 4. The first kappa shape index (κ1) is 40.9. The van der Waals surface area contributed by atoms with Gasteiger partial charge >= 0.3 is 0 Å². The molecule has 2 unspecified atom stereocenters. The van der Waals surface area contributed by atoms with E-state index in [4.69, 9.17) is 37.4 Å². The standard InChI is InChI=1S/C41H48Cl2N4O7S2/c1-46-35-13-6-4-11-31(35)40(33-18-16-29(42)23-37(33)55(46,48)49)45-21-10-15-39-53-26-28(27-54-39)25-47-36-14-7-5-12-32(36)41(44-20-8-3-9-22-52-2)34-19-17-30(43)24-38(34)56(47,50)51/h4-7,11-14,16-19,23-24,28,39-41,44-45H,3,8-10,15,20-22,25-27H2,1-2H3. The zero-order valence-corrected chi connectivity index (χ0v) is 34.6. The van der Waals surface area contributed by atoms with Crippen molar-refractivity contribution < 1.29 is 31.0 Å². The highest BCUT2D eigenvalue weighted by Gasteiger charge is 2.39. The molecule has 2 N–H and O–H groups in total. The monoisotopic (exact) mass is 842 g/mol. The van der Waals surface area contributed by atoms with Crippen molar-refractivity contribution in [2.24, 2.45) is 5.92 Å². The summed E-state index contributed by atoms with van der Waals surface area (Å²) in [5, 5.41) is 7.92. The van der Waals surface area contributed by atoms with Crippen molar-refractivity contribution in [1.82, 2.24) is 10.6 Å². The molecular weight excluding hydrogens is 796 g/mol. The first-order chi connectivity index (χ1) is 27.0. The van der Waals surface area contributed by atoms with E-state index in [0.717, 1.165) is 30.4 Å². The number of anilines is 2. The maximum atomic E-state index is 14.5. The molecule has 3 aliphatic heterocycles. The predicted molar refractivity (Wildman–Crippen MR) is 220 cm³/mol. The minimum absolute atomic E-state index is 0.172. The largest absolute Gasteiger partial charge is 0.385 e. The number of methoxy groups -OCH3 is 1. The molecule has 2 atom stereocenters. The van der Waals surface area contributed by atoms with E-state index in [1.165, 1.54) is 14.7 Å². The molecule has 7 rings (SSSR count). The number of hydrogen-bond acceptors (Lipinski definition) is 9. The van der Waals surface area contributed by atoms with Gasteiger partial charge in [-0.1, -0.05) is 71.7 Å². The van der Waals surface area contributed by atoms with Gasteiger partial charge in [-0.05, 0) is 104 Å². The zero-order chi connectivity index (χ0) is 39.5. The summed E-state index contributed by atoms with van der Waals surface area (Å²) in [6.07, 6.45) is 3.70. The van der Waals surface area contributed by atoms with Crippen LogP contribution in [0.15, 0.2) is 94.7 Å². The minimum atomic E-state index is -4.01. The summed E-state index contributed by atoms with van der Waals surface area (Å²) in [5.41, 5.74) is 4.25. The molecule has 11 nitrogen and oxygen atoms in total. The van der Waals surface area contributed by atoms with Gasteiger partial charge in [0.25, 0.3) is 20.0 Å². The second-order valence-corrected chi connectivity index (χ2v) is 19.1. The number of sulfonamides is 2. The fourth-order valence-electron chi connectivity index (χ4n) is 7.81. The van der Waals surface area contributed by atoms with Crippen LogP contribution in [0.2, 0.25) is 10.0 Å². The first-order valence-electron chi connectivity index (χ1n) is 19.0. The van der Waals surface area contributed by atoms with Gasteiger partial charge in [-0.2, -0.15) is 0 Å². The molecule has 0 bridgehead atoms. The van der Waals surface area contributed by atoms with Gasteiger partial charge < -0.3 is 24.8 Å². The van der Waals surface area contributed by atoms with E-state index in [-0.39, 0.29) is 34.3 Å². The number of fused-ring (bicyclic) bond motifs is 4. The van der Waals surface area contributed by atoms with Crippen molar-refractivity contribution in [3.63, 3.8) is 0 Å². The molecule has 3 heterocycles. The third-order valence-electron chi connectivity index (χ3n) is 10.7. The van der Waals surface area contributed by atoms with Crippen LogP contribution in [0, 0.1) is 5.92 Å². The molecule has 0 spiro atoms. The van der Waals surface area contributed by atoms with E-state index < -0.39 is 26.3 Å². The van der Waals surface area contributed by atoms with Crippen LogP contribution in [-0.2, 0) is 34.3 Å². The molecule has 0 saturated carbocycles. The summed E-state index contributed by atoms with van der Waals surface area (Å²) >= 11 is 12.7. The molecule has 4 aromatic rings. The van der Waals surface area contributed by atoms with Gasteiger partial charge in [0, 0.05) is 43.3 Å². The molecule has 300 valence electrons. The van der Waals surface area contributed by atoms with Crippen molar-refractivity contribution in [3.05, 3.63) is 117 Å². The molecule has 0 amide bonds. The second-order valence-electron chi connectivity index (χ2n) is 14.4. The highest BCUT2D eigenvalue weighted by atomic mass is 35.5. The Kier molecular flexibility index (Phi) is 13.0. The minimum Gasteiger partial charge on any atom is -0.385 e. The SMILES string of the molecule is COCCCCCNC1c2ccccc2N(CC2COC(CCCNC3c4ccccc4N(C)S(=O)(=O)c4cc(Cl)ccc43)OC2)S(=O)(=O)c2cc(Cl)ccc21. The summed E-state index contributed by atoms with van der Waals surface area (Å²) in [6.45, 7) is 2.80. The van der Waals surface area contributed by atoms with Gasteiger partial charge in [0.2, 0.25) is 0 Å². The van der Waals surface area contributed by atoms with Crippen molar-refractivity contribution in [3.8, 4) is 0 Å². The fourth-order valence-corrected chi connectivity index (χ4v) is 11.6. The summed E-state index contributed by atoms with van der Waals surface area (Å²) in [6, 6.07) is 24.5. The lowest BCUT2D eigenvalue weighted by Crippen LogP contribution is -2.42. The second kappa shape index (κ2) is 17.7. The van der Waals surface area contributed by atoms with E-state index in [1.807, 2.05) is 48.5 Å². The summed E-state index contributed by atoms with van der Waals surface area (Å²) in [5.74, 6) is -0.218. The highest BCUT2D eigenvalue weighted by Crippen LogP contribution is 2.43. The van der Waals surface area contributed by atoms with E-state index in [0.29, 0.717) is 78.3 Å². The number of nitrogens with zero attached hydrogens (tertiary/aromatic N) is 2. The Hall–Kier alpha value is -3.24. The van der Waals surface area contributed by atoms with Gasteiger partial charge in [-0.3, -0.25) is 8.61 Å². The number of nitrogens with one attached hydrogen (secondary N) is 2. The van der Waals surface area contributed by atoms with E-state index >= 15 is 0 Å². The zero-order valence-electron chi connectivity index (χ0n) is 31.5. The summed E-state index contributed by atoms with van der Waals surface area (Å²) < 4.78 is 76.6. The lowest BCUT2D eigenvalue weighted by Gasteiger charge is -2.34. The lowest BCUT2D eigenvalue weighted by atomic mass is 9.96. The molecule has 15 heteroatoms. The van der Waals surface area contributed by atoms with Crippen LogP contribution in [0.1, 0.15) is 66.4 Å². The lowest BCUT2D eigenvalue weighted by molar-refractivity contribution is -0.201.